The van der Waals surface area contributed by atoms with Crippen molar-refractivity contribution in [2.75, 3.05) is 30.8 Å². The second-order valence-corrected chi connectivity index (χ2v) is 10.2. The molecule has 6 nitrogen and oxygen atoms in total. The van der Waals surface area contributed by atoms with Gasteiger partial charge in [-0.15, -0.1) is 0 Å². The van der Waals surface area contributed by atoms with Crippen LogP contribution in [0.4, 0.5) is 5.69 Å². The molecule has 0 N–H and O–H groups in total. The second-order valence-electron chi connectivity index (χ2n) is 8.37. The van der Waals surface area contributed by atoms with E-state index < -0.39 is 16.1 Å². The first-order valence-corrected chi connectivity index (χ1v) is 12.5. The van der Waals surface area contributed by atoms with Gasteiger partial charge in [0.25, 0.3) is 0 Å². The zero-order chi connectivity index (χ0) is 22.6. The van der Waals surface area contributed by atoms with Crippen LogP contribution in [0.15, 0.2) is 48.5 Å². The van der Waals surface area contributed by atoms with Crippen LogP contribution >= 0.6 is 0 Å². The summed E-state index contributed by atoms with van der Waals surface area (Å²) in [5.41, 5.74) is 2.60. The van der Waals surface area contributed by atoms with Gasteiger partial charge in [0.2, 0.25) is 15.9 Å². The van der Waals surface area contributed by atoms with Gasteiger partial charge in [0, 0.05) is 13.1 Å². The van der Waals surface area contributed by atoms with E-state index in [1.165, 1.54) is 17.0 Å². The summed E-state index contributed by atoms with van der Waals surface area (Å²) in [7, 11) is -2.20. The fourth-order valence-corrected chi connectivity index (χ4v) is 5.48. The summed E-state index contributed by atoms with van der Waals surface area (Å²) in [4.78, 5) is 15.1. The molecule has 0 unspecified atom stereocenters. The number of rotatable bonds is 7. The van der Waals surface area contributed by atoms with Crippen LogP contribution in [-0.4, -0.2) is 51.7 Å². The second kappa shape index (κ2) is 9.73. The van der Waals surface area contributed by atoms with Gasteiger partial charge in [0.1, 0.15) is 11.8 Å². The first kappa shape index (κ1) is 23.1. The normalized spacial score (nSPS) is 16.1. The Hall–Kier alpha value is -2.54. The standard InChI is InChI=1S/C24H32N2O4S/c1-18-10-11-23(30-3)22(16-18)26(31(4,28)29)19(2)24(27)25-14-12-21(13-15-25)17-20-8-6-5-7-9-20/h5-11,16,19,21H,12-15,17H2,1-4H3/t19-/m0/s1. The van der Waals surface area contributed by atoms with Crippen LogP contribution in [0.1, 0.15) is 30.9 Å². The van der Waals surface area contributed by atoms with Crippen LogP contribution in [0.2, 0.25) is 0 Å². The third-order valence-corrected chi connectivity index (χ3v) is 7.16. The number of likely N-dealkylation sites (tertiary alicyclic amines) is 1. The summed E-state index contributed by atoms with van der Waals surface area (Å²) in [6.45, 7) is 4.82. The highest BCUT2D eigenvalue weighted by molar-refractivity contribution is 7.92. The SMILES string of the molecule is COc1ccc(C)cc1N([C@@H](C)C(=O)N1CCC(Cc2ccccc2)CC1)S(C)(=O)=O. The summed E-state index contributed by atoms with van der Waals surface area (Å²) in [5, 5.41) is 0. The van der Waals surface area contributed by atoms with E-state index in [1.54, 1.807) is 24.0 Å². The molecule has 1 atom stereocenters. The maximum absolute atomic E-state index is 13.3. The Balaban J connectivity index is 1.74. The van der Waals surface area contributed by atoms with E-state index in [1.807, 2.05) is 19.1 Å². The lowest BCUT2D eigenvalue weighted by molar-refractivity contribution is -0.133. The Kier molecular flexibility index (Phi) is 7.26. The van der Waals surface area contributed by atoms with Crippen molar-refractivity contribution in [3.05, 3.63) is 59.7 Å². The number of carbonyl (C=O) groups is 1. The average Bonchev–Trinajstić information content (AvgIpc) is 2.74. The van der Waals surface area contributed by atoms with Gasteiger partial charge in [-0.05, 0) is 62.3 Å². The van der Waals surface area contributed by atoms with Gasteiger partial charge in [-0.3, -0.25) is 9.10 Å². The molecule has 31 heavy (non-hydrogen) atoms. The molecule has 0 aliphatic carbocycles. The van der Waals surface area contributed by atoms with E-state index in [2.05, 4.69) is 24.3 Å². The molecular weight excluding hydrogens is 412 g/mol. The molecule has 7 heteroatoms. The third-order valence-electron chi connectivity index (χ3n) is 5.93. The van der Waals surface area contributed by atoms with Crippen molar-refractivity contribution >= 4 is 21.6 Å². The number of amides is 1. The minimum atomic E-state index is -3.70. The number of carbonyl (C=O) groups excluding carboxylic acids is 1. The molecule has 0 spiro atoms. The Morgan fingerprint density at radius 2 is 1.81 bits per heavy atom. The molecule has 3 rings (SSSR count). The molecule has 0 radical (unpaired) electrons. The van der Waals surface area contributed by atoms with Gasteiger partial charge in [0.05, 0.1) is 19.1 Å². The molecular formula is C24H32N2O4S. The maximum Gasteiger partial charge on any atom is 0.246 e. The number of ether oxygens (including phenoxy) is 1. The van der Waals surface area contributed by atoms with E-state index in [0.29, 0.717) is 30.4 Å². The molecule has 1 heterocycles. The van der Waals surface area contributed by atoms with Crippen LogP contribution in [0, 0.1) is 12.8 Å². The van der Waals surface area contributed by atoms with Gasteiger partial charge >= 0.3 is 0 Å². The highest BCUT2D eigenvalue weighted by Gasteiger charge is 2.35. The lowest BCUT2D eigenvalue weighted by Gasteiger charge is -2.37. The minimum Gasteiger partial charge on any atom is -0.495 e. The van der Waals surface area contributed by atoms with Crippen molar-refractivity contribution in [1.29, 1.82) is 0 Å². The Bertz CT molecular complexity index is 999. The average molecular weight is 445 g/mol. The Labute approximate surface area is 185 Å². The zero-order valence-corrected chi connectivity index (χ0v) is 19.6. The summed E-state index contributed by atoms with van der Waals surface area (Å²) < 4.78 is 32.0. The Morgan fingerprint density at radius 1 is 1.16 bits per heavy atom. The molecule has 1 amide bonds. The quantitative estimate of drug-likeness (QED) is 0.654. The number of benzene rings is 2. The van der Waals surface area contributed by atoms with Crippen LogP contribution in [0.3, 0.4) is 0 Å². The predicted octanol–water partition coefficient (Wildman–Crippen LogP) is 3.64. The third kappa shape index (κ3) is 5.58. The number of methoxy groups -OCH3 is 1. The molecule has 168 valence electrons. The van der Waals surface area contributed by atoms with E-state index in [-0.39, 0.29) is 5.91 Å². The molecule has 1 fully saturated rings. The van der Waals surface area contributed by atoms with Gasteiger partial charge in [0.15, 0.2) is 0 Å². The largest absolute Gasteiger partial charge is 0.495 e. The lowest BCUT2D eigenvalue weighted by atomic mass is 9.90. The molecule has 1 aliphatic rings. The van der Waals surface area contributed by atoms with Crippen molar-refractivity contribution < 1.29 is 17.9 Å². The minimum absolute atomic E-state index is 0.174. The van der Waals surface area contributed by atoms with Crippen molar-refractivity contribution in [3.63, 3.8) is 0 Å². The molecule has 2 aromatic carbocycles. The van der Waals surface area contributed by atoms with Gasteiger partial charge in [-0.1, -0.05) is 36.4 Å². The number of anilines is 1. The molecule has 1 aliphatic heterocycles. The maximum atomic E-state index is 13.3. The Morgan fingerprint density at radius 3 is 2.39 bits per heavy atom. The van der Waals surface area contributed by atoms with Crippen LogP contribution in [0.25, 0.3) is 0 Å². The first-order chi connectivity index (χ1) is 14.7. The van der Waals surface area contributed by atoms with Crippen molar-refractivity contribution in [2.45, 2.75) is 39.2 Å². The number of hydrogen-bond acceptors (Lipinski definition) is 4. The first-order valence-electron chi connectivity index (χ1n) is 10.7. The van der Waals surface area contributed by atoms with Crippen LogP contribution in [-0.2, 0) is 21.2 Å². The molecule has 0 bridgehead atoms. The van der Waals surface area contributed by atoms with Gasteiger partial charge in [-0.2, -0.15) is 0 Å². The molecule has 1 saturated heterocycles. The number of piperidine rings is 1. The summed E-state index contributed by atoms with van der Waals surface area (Å²) >= 11 is 0. The fraction of sp³-hybridized carbons (Fsp3) is 0.458. The molecule has 0 aromatic heterocycles. The van der Waals surface area contributed by atoms with Crippen molar-refractivity contribution in [2.24, 2.45) is 5.92 Å². The fourth-order valence-electron chi connectivity index (χ4n) is 4.32. The van der Waals surface area contributed by atoms with E-state index in [4.69, 9.17) is 4.74 Å². The number of sulfonamides is 1. The summed E-state index contributed by atoms with van der Waals surface area (Å²) in [6, 6.07) is 14.9. The molecule has 0 saturated carbocycles. The lowest BCUT2D eigenvalue weighted by Crippen LogP contribution is -2.51. The van der Waals surface area contributed by atoms with Crippen LogP contribution in [0.5, 0.6) is 5.75 Å². The van der Waals surface area contributed by atoms with Gasteiger partial charge < -0.3 is 9.64 Å². The number of aryl methyl sites for hydroxylation is 1. The smallest absolute Gasteiger partial charge is 0.246 e. The van der Waals surface area contributed by atoms with Gasteiger partial charge in [-0.25, -0.2) is 8.42 Å². The summed E-state index contributed by atoms with van der Waals surface area (Å²) in [5.74, 6) is 0.786. The predicted molar refractivity (Wildman–Crippen MR) is 124 cm³/mol. The highest BCUT2D eigenvalue weighted by Crippen LogP contribution is 2.33. The van der Waals surface area contributed by atoms with Crippen molar-refractivity contribution in [3.8, 4) is 5.75 Å². The zero-order valence-electron chi connectivity index (χ0n) is 18.7. The monoisotopic (exact) mass is 444 g/mol. The van der Waals surface area contributed by atoms with Crippen LogP contribution < -0.4 is 9.04 Å². The topological polar surface area (TPSA) is 66.9 Å². The van der Waals surface area contributed by atoms with Crippen molar-refractivity contribution in [1.82, 2.24) is 4.90 Å². The molecule has 2 aromatic rings. The number of nitrogens with zero attached hydrogens (tertiary/aromatic N) is 2. The van der Waals surface area contributed by atoms with E-state index >= 15 is 0 Å². The highest BCUT2D eigenvalue weighted by atomic mass is 32.2. The van der Waals surface area contributed by atoms with E-state index in [0.717, 1.165) is 31.1 Å². The number of hydrogen-bond donors (Lipinski definition) is 0. The summed E-state index contributed by atoms with van der Waals surface area (Å²) in [6.07, 6.45) is 3.97. The van der Waals surface area contributed by atoms with E-state index in [9.17, 15) is 13.2 Å².